The molecule has 1 saturated carbocycles. The van der Waals surface area contributed by atoms with Crippen LogP contribution in [0.5, 0.6) is 0 Å². The summed E-state index contributed by atoms with van der Waals surface area (Å²) in [5, 5.41) is 0. The lowest BCUT2D eigenvalue weighted by atomic mass is 9.46. The normalized spacial score (nSPS) is 38.7. The van der Waals surface area contributed by atoms with Crippen molar-refractivity contribution in [1.29, 1.82) is 0 Å². The van der Waals surface area contributed by atoms with Crippen LogP contribution < -0.4 is 5.73 Å². The molecule has 2 heterocycles. The molecular formula is C17H31ClN2O3. The molecule has 2 aliphatic heterocycles. The maximum Gasteiger partial charge on any atom is 0.243 e. The third kappa shape index (κ3) is 2.90. The van der Waals surface area contributed by atoms with E-state index in [2.05, 4.69) is 13.8 Å². The maximum atomic E-state index is 13.1. The van der Waals surface area contributed by atoms with Gasteiger partial charge in [0.25, 0.3) is 0 Å². The van der Waals surface area contributed by atoms with Gasteiger partial charge in [0.2, 0.25) is 5.91 Å². The molecule has 6 heteroatoms. The van der Waals surface area contributed by atoms with Crippen molar-refractivity contribution in [1.82, 2.24) is 4.90 Å². The van der Waals surface area contributed by atoms with Crippen LogP contribution in [0.1, 0.15) is 39.5 Å². The summed E-state index contributed by atoms with van der Waals surface area (Å²) in [6, 6.07) is 0. The number of carbonyl (C=O) groups excluding carboxylic acids is 1. The zero-order valence-corrected chi connectivity index (χ0v) is 15.4. The molecular weight excluding hydrogens is 316 g/mol. The topological polar surface area (TPSA) is 64.8 Å². The molecule has 23 heavy (non-hydrogen) atoms. The maximum absolute atomic E-state index is 13.1. The predicted octanol–water partition coefficient (Wildman–Crippen LogP) is 1.83. The van der Waals surface area contributed by atoms with E-state index in [9.17, 15) is 4.79 Å². The molecule has 0 aromatic carbocycles. The highest BCUT2D eigenvalue weighted by atomic mass is 35.5. The molecule has 134 valence electrons. The summed E-state index contributed by atoms with van der Waals surface area (Å²) in [5.41, 5.74) is 5.59. The summed E-state index contributed by atoms with van der Waals surface area (Å²) in [6.07, 6.45) is 4.35. The van der Waals surface area contributed by atoms with E-state index in [1.165, 1.54) is 0 Å². The van der Waals surface area contributed by atoms with Crippen molar-refractivity contribution in [2.45, 2.75) is 51.2 Å². The Labute approximate surface area is 145 Å². The summed E-state index contributed by atoms with van der Waals surface area (Å²) < 4.78 is 11.4. The Morgan fingerprint density at radius 1 is 1.26 bits per heavy atom. The molecule has 0 spiro atoms. The molecule has 1 aliphatic carbocycles. The molecule has 5 nitrogen and oxygen atoms in total. The Morgan fingerprint density at radius 3 is 2.61 bits per heavy atom. The van der Waals surface area contributed by atoms with Crippen molar-refractivity contribution in [2.24, 2.45) is 23.0 Å². The van der Waals surface area contributed by atoms with Crippen LogP contribution in [0, 0.1) is 17.3 Å². The zero-order valence-electron chi connectivity index (χ0n) is 14.5. The van der Waals surface area contributed by atoms with Crippen LogP contribution in [0.25, 0.3) is 0 Å². The highest BCUT2D eigenvalue weighted by Gasteiger charge is 2.70. The highest BCUT2D eigenvalue weighted by Crippen LogP contribution is 2.57. The molecule has 0 aromatic heterocycles. The number of carbonyl (C=O) groups is 1. The monoisotopic (exact) mass is 346 g/mol. The minimum absolute atomic E-state index is 0. The van der Waals surface area contributed by atoms with Crippen LogP contribution in [0.3, 0.4) is 0 Å². The lowest BCUT2D eigenvalue weighted by molar-refractivity contribution is -0.229. The predicted molar refractivity (Wildman–Crippen MR) is 91.6 cm³/mol. The fourth-order valence-electron chi connectivity index (χ4n) is 4.75. The number of fused-ring (bicyclic) bond motifs is 1. The van der Waals surface area contributed by atoms with E-state index in [-0.39, 0.29) is 35.8 Å². The van der Waals surface area contributed by atoms with E-state index in [1.54, 1.807) is 0 Å². The molecule has 4 atom stereocenters. The van der Waals surface area contributed by atoms with Crippen molar-refractivity contribution in [3.8, 4) is 0 Å². The van der Waals surface area contributed by atoms with Gasteiger partial charge in [-0.3, -0.25) is 4.79 Å². The van der Waals surface area contributed by atoms with E-state index in [0.29, 0.717) is 5.92 Å². The van der Waals surface area contributed by atoms with Crippen LogP contribution in [-0.2, 0) is 14.3 Å². The molecule has 0 bridgehead atoms. The number of ether oxygens (including phenoxy) is 2. The third-order valence-corrected chi connectivity index (χ3v) is 6.17. The fourth-order valence-corrected chi connectivity index (χ4v) is 4.75. The summed E-state index contributed by atoms with van der Waals surface area (Å²) in [7, 11) is 1.89. The summed E-state index contributed by atoms with van der Waals surface area (Å²) in [6.45, 7) is 7.30. The molecule has 0 radical (unpaired) electrons. The van der Waals surface area contributed by atoms with Crippen molar-refractivity contribution in [3.63, 3.8) is 0 Å². The van der Waals surface area contributed by atoms with E-state index < -0.39 is 5.54 Å². The van der Waals surface area contributed by atoms with Gasteiger partial charge >= 0.3 is 0 Å². The van der Waals surface area contributed by atoms with Crippen molar-refractivity contribution in [3.05, 3.63) is 0 Å². The number of amides is 1. The molecule has 0 aromatic rings. The van der Waals surface area contributed by atoms with E-state index in [1.807, 2.05) is 11.9 Å². The quantitative estimate of drug-likeness (QED) is 0.846. The minimum Gasteiger partial charge on any atom is -0.381 e. The van der Waals surface area contributed by atoms with Gasteiger partial charge in [0.1, 0.15) is 5.54 Å². The highest BCUT2D eigenvalue weighted by molar-refractivity contribution is 5.89. The first-order valence-electron chi connectivity index (χ1n) is 8.63. The minimum atomic E-state index is -0.789. The van der Waals surface area contributed by atoms with Crippen LogP contribution in [-0.4, -0.2) is 55.9 Å². The van der Waals surface area contributed by atoms with Gasteiger partial charge in [0.05, 0.1) is 12.7 Å². The molecule has 3 fully saturated rings. The van der Waals surface area contributed by atoms with Crippen LogP contribution >= 0.6 is 12.4 Å². The van der Waals surface area contributed by atoms with Gasteiger partial charge in [-0.1, -0.05) is 13.8 Å². The van der Waals surface area contributed by atoms with Crippen molar-refractivity contribution >= 4 is 18.3 Å². The second kappa shape index (κ2) is 6.87. The lowest BCUT2D eigenvalue weighted by Crippen LogP contribution is -2.82. The Hall–Kier alpha value is -0.360. The number of halogens is 1. The lowest BCUT2D eigenvalue weighted by Gasteiger charge is -2.65. The van der Waals surface area contributed by atoms with Gasteiger partial charge in [0.15, 0.2) is 0 Å². The van der Waals surface area contributed by atoms with E-state index >= 15 is 0 Å². The SMILES string of the molecule is CN(CC1CCCOC1)C(=O)C1(N)C2CCCOC2C1(C)C.Cl. The molecule has 1 amide bonds. The smallest absolute Gasteiger partial charge is 0.243 e. The Morgan fingerprint density at radius 2 is 1.96 bits per heavy atom. The Balaban J connectivity index is 0.00000192. The first kappa shape index (κ1) is 19.0. The fraction of sp³-hybridized carbons (Fsp3) is 0.941. The largest absolute Gasteiger partial charge is 0.381 e. The van der Waals surface area contributed by atoms with Gasteiger partial charge in [-0.2, -0.15) is 0 Å². The van der Waals surface area contributed by atoms with Gasteiger partial charge in [-0.25, -0.2) is 0 Å². The number of hydrogen-bond donors (Lipinski definition) is 1. The second-order valence-electron chi connectivity index (χ2n) is 7.90. The van der Waals surface area contributed by atoms with Gasteiger partial charge in [-0.15, -0.1) is 12.4 Å². The summed E-state index contributed by atoms with van der Waals surface area (Å²) >= 11 is 0. The van der Waals surface area contributed by atoms with Gasteiger partial charge in [-0.05, 0) is 31.6 Å². The van der Waals surface area contributed by atoms with Crippen molar-refractivity contribution in [2.75, 3.05) is 33.4 Å². The Kier molecular flexibility index (Phi) is 5.66. The number of nitrogens with two attached hydrogens (primary N) is 1. The summed E-state index contributed by atoms with van der Waals surface area (Å²) in [4.78, 5) is 14.9. The third-order valence-electron chi connectivity index (χ3n) is 6.17. The van der Waals surface area contributed by atoms with E-state index in [0.717, 1.165) is 52.0 Å². The summed E-state index contributed by atoms with van der Waals surface area (Å²) in [5.74, 6) is 0.677. The number of nitrogens with zero attached hydrogens (tertiary/aromatic N) is 1. The van der Waals surface area contributed by atoms with Gasteiger partial charge < -0.3 is 20.1 Å². The first-order valence-corrected chi connectivity index (χ1v) is 8.63. The average molecular weight is 347 g/mol. The number of rotatable bonds is 3. The number of hydrogen-bond acceptors (Lipinski definition) is 4. The second-order valence-corrected chi connectivity index (χ2v) is 7.90. The van der Waals surface area contributed by atoms with Crippen LogP contribution in [0.2, 0.25) is 0 Å². The standard InChI is InChI=1S/C17H30N2O3.ClH/c1-16(2)14-13(7-5-9-22-14)17(16,18)15(20)19(3)10-12-6-4-8-21-11-12;/h12-14H,4-11,18H2,1-3H3;1H. The van der Waals surface area contributed by atoms with Crippen molar-refractivity contribution < 1.29 is 14.3 Å². The van der Waals surface area contributed by atoms with Crippen LogP contribution in [0.15, 0.2) is 0 Å². The Bertz CT molecular complexity index is 440. The van der Waals surface area contributed by atoms with Gasteiger partial charge in [0, 0.05) is 38.1 Å². The van der Waals surface area contributed by atoms with E-state index in [4.69, 9.17) is 15.2 Å². The molecule has 3 rings (SSSR count). The molecule has 2 saturated heterocycles. The first-order chi connectivity index (χ1) is 10.4. The zero-order chi connectivity index (χ0) is 16.0. The average Bonchev–Trinajstić information content (AvgIpc) is 2.54. The molecule has 2 N–H and O–H groups in total. The molecule has 3 aliphatic rings. The molecule has 4 unspecified atom stereocenters. The van der Waals surface area contributed by atoms with Crippen LogP contribution in [0.4, 0.5) is 0 Å². The number of likely N-dealkylation sites (N-methyl/N-ethyl adjacent to an activating group) is 1.